The van der Waals surface area contributed by atoms with Gasteiger partial charge in [-0.2, -0.15) is 0 Å². The first kappa shape index (κ1) is 12.4. The smallest absolute Gasteiger partial charge is 0.319 e. The first-order chi connectivity index (χ1) is 7.63. The largest absolute Gasteiger partial charge is 0.378 e. The predicted octanol–water partition coefficient (Wildman–Crippen LogP) is 2.28. The molecule has 0 aliphatic heterocycles. The van der Waals surface area contributed by atoms with Gasteiger partial charge in [0.25, 0.3) is 0 Å². The number of carbonyl (C=O) groups is 1. The Bertz CT molecular complexity index is 333. The van der Waals surface area contributed by atoms with Crippen LogP contribution in [0.2, 0.25) is 0 Å². The summed E-state index contributed by atoms with van der Waals surface area (Å²) < 4.78 is 0. The monoisotopic (exact) mass is 221 g/mol. The van der Waals surface area contributed by atoms with Crippen LogP contribution in [0.1, 0.15) is 13.3 Å². The number of nitrogens with zero attached hydrogens (tertiary/aromatic N) is 1. The minimum atomic E-state index is -0.153. The minimum Gasteiger partial charge on any atom is -0.378 e. The highest BCUT2D eigenvalue weighted by Gasteiger charge is 2.00. The summed E-state index contributed by atoms with van der Waals surface area (Å²) in [7, 11) is 3.97. The van der Waals surface area contributed by atoms with E-state index in [1.54, 1.807) is 0 Å². The van der Waals surface area contributed by atoms with Crippen LogP contribution in [0.5, 0.6) is 0 Å². The minimum absolute atomic E-state index is 0.153. The Balaban J connectivity index is 2.51. The summed E-state index contributed by atoms with van der Waals surface area (Å²) in [4.78, 5) is 13.4. The summed E-state index contributed by atoms with van der Waals surface area (Å²) >= 11 is 0. The Morgan fingerprint density at radius 2 is 1.88 bits per heavy atom. The zero-order valence-electron chi connectivity index (χ0n) is 10.1. The van der Waals surface area contributed by atoms with E-state index in [4.69, 9.17) is 0 Å². The van der Waals surface area contributed by atoms with Crippen molar-refractivity contribution >= 4 is 17.4 Å². The highest BCUT2D eigenvalue weighted by Crippen LogP contribution is 2.15. The van der Waals surface area contributed by atoms with Crippen molar-refractivity contribution < 1.29 is 4.79 Å². The normalized spacial score (nSPS) is 9.69. The zero-order chi connectivity index (χ0) is 12.0. The molecule has 0 aromatic heterocycles. The van der Waals surface area contributed by atoms with Crippen molar-refractivity contribution in [2.75, 3.05) is 30.9 Å². The van der Waals surface area contributed by atoms with Gasteiger partial charge in [0, 0.05) is 32.0 Å². The lowest BCUT2D eigenvalue weighted by Gasteiger charge is -2.13. The third-order valence-corrected chi connectivity index (χ3v) is 2.18. The quantitative estimate of drug-likeness (QED) is 0.819. The molecule has 1 rings (SSSR count). The van der Waals surface area contributed by atoms with E-state index in [1.165, 1.54) is 0 Å². The SMILES string of the molecule is CCCNC(=O)Nc1ccc(N(C)C)cc1. The number of urea groups is 1. The van der Waals surface area contributed by atoms with Gasteiger partial charge in [0.1, 0.15) is 0 Å². The summed E-state index contributed by atoms with van der Waals surface area (Å²) in [5.41, 5.74) is 1.92. The molecule has 16 heavy (non-hydrogen) atoms. The van der Waals surface area contributed by atoms with Crippen molar-refractivity contribution in [3.63, 3.8) is 0 Å². The van der Waals surface area contributed by atoms with Crippen molar-refractivity contribution in [1.82, 2.24) is 5.32 Å². The Kier molecular flexibility index (Phi) is 4.64. The number of hydrogen-bond donors (Lipinski definition) is 2. The number of rotatable bonds is 4. The molecular formula is C12H19N3O. The summed E-state index contributed by atoms with van der Waals surface area (Å²) in [5.74, 6) is 0. The van der Waals surface area contributed by atoms with Gasteiger partial charge in [-0.05, 0) is 30.7 Å². The molecule has 88 valence electrons. The van der Waals surface area contributed by atoms with Crippen molar-refractivity contribution in [2.24, 2.45) is 0 Å². The molecule has 0 aliphatic carbocycles. The van der Waals surface area contributed by atoms with E-state index in [-0.39, 0.29) is 6.03 Å². The van der Waals surface area contributed by atoms with Crippen molar-refractivity contribution in [3.8, 4) is 0 Å². The van der Waals surface area contributed by atoms with Crippen LogP contribution in [0.3, 0.4) is 0 Å². The predicted molar refractivity (Wildman–Crippen MR) is 68.1 cm³/mol. The Morgan fingerprint density at radius 3 is 2.38 bits per heavy atom. The van der Waals surface area contributed by atoms with E-state index in [9.17, 15) is 4.79 Å². The topological polar surface area (TPSA) is 44.4 Å². The maximum Gasteiger partial charge on any atom is 0.319 e. The van der Waals surface area contributed by atoms with E-state index >= 15 is 0 Å². The third-order valence-electron chi connectivity index (χ3n) is 2.18. The summed E-state index contributed by atoms with van der Waals surface area (Å²) in [6, 6.07) is 7.56. The average molecular weight is 221 g/mol. The molecule has 0 saturated heterocycles. The van der Waals surface area contributed by atoms with Gasteiger partial charge in [0.2, 0.25) is 0 Å². The van der Waals surface area contributed by atoms with Crippen molar-refractivity contribution in [1.29, 1.82) is 0 Å². The second-order valence-corrected chi connectivity index (χ2v) is 3.82. The van der Waals surface area contributed by atoms with E-state index in [0.29, 0.717) is 6.54 Å². The Hall–Kier alpha value is -1.71. The Morgan fingerprint density at radius 1 is 1.25 bits per heavy atom. The van der Waals surface area contributed by atoms with Crippen LogP contribution in [0, 0.1) is 0 Å². The number of hydrogen-bond acceptors (Lipinski definition) is 2. The zero-order valence-corrected chi connectivity index (χ0v) is 10.1. The van der Waals surface area contributed by atoms with E-state index in [2.05, 4.69) is 10.6 Å². The van der Waals surface area contributed by atoms with Gasteiger partial charge in [0.15, 0.2) is 0 Å². The van der Waals surface area contributed by atoms with Crippen LogP contribution in [-0.4, -0.2) is 26.7 Å². The molecule has 0 saturated carbocycles. The molecule has 2 N–H and O–H groups in total. The van der Waals surface area contributed by atoms with Gasteiger partial charge in [-0.15, -0.1) is 0 Å². The van der Waals surface area contributed by atoms with Gasteiger partial charge < -0.3 is 15.5 Å². The third kappa shape index (κ3) is 3.81. The molecule has 1 aromatic rings. The van der Waals surface area contributed by atoms with Gasteiger partial charge in [-0.3, -0.25) is 0 Å². The second-order valence-electron chi connectivity index (χ2n) is 3.82. The lowest BCUT2D eigenvalue weighted by Crippen LogP contribution is -2.29. The second kappa shape index (κ2) is 6.00. The van der Waals surface area contributed by atoms with Gasteiger partial charge in [0.05, 0.1) is 0 Å². The van der Waals surface area contributed by atoms with Gasteiger partial charge in [-0.25, -0.2) is 4.79 Å². The fourth-order valence-electron chi connectivity index (χ4n) is 1.26. The lowest BCUT2D eigenvalue weighted by molar-refractivity contribution is 0.252. The Labute approximate surface area is 96.6 Å². The van der Waals surface area contributed by atoms with Crippen LogP contribution in [-0.2, 0) is 0 Å². The van der Waals surface area contributed by atoms with Gasteiger partial charge in [-0.1, -0.05) is 6.92 Å². The number of nitrogens with one attached hydrogen (secondary N) is 2. The maximum absolute atomic E-state index is 11.4. The fraction of sp³-hybridized carbons (Fsp3) is 0.417. The molecule has 4 nitrogen and oxygen atoms in total. The van der Waals surface area contributed by atoms with Crippen molar-refractivity contribution in [2.45, 2.75) is 13.3 Å². The molecule has 4 heteroatoms. The highest BCUT2D eigenvalue weighted by molar-refractivity contribution is 5.89. The maximum atomic E-state index is 11.4. The van der Waals surface area contributed by atoms with E-state index in [0.717, 1.165) is 17.8 Å². The number of anilines is 2. The first-order valence-electron chi connectivity index (χ1n) is 5.45. The standard InChI is InChI=1S/C12H19N3O/c1-4-9-13-12(16)14-10-5-7-11(8-6-10)15(2)3/h5-8H,4,9H2,1-3H3,(H2,13,14,16). The van der Waals surface area contributed by atoms with Crippen LogP contribution < -0.4 is 15.5 Å². The molecule has 0 radical (unpaired) electrons. The number of amides is 2. The van der Waals surface area contributed by atoms with Crippen LogP contribution >= 0.6 is 0 Å². The van der Waals surface area contributed by atoms with Crippen LogP contribution in [0.25, 0.3) is 0 Å². The summed E-state index contributed by atoms with van der Waals surface area (Å²) in [6.45, 7) is 2.72. The van der Waals surface area contributed by atoms with Gasteiger partial charge >= 0.3 is 6.03 Å². The molecule has 0 unspecified atom stereocenters. The molecular weight excluding hydrogens is 202 g/mol. The molecule has 0 spiro atoms. The summed E-state index contributed by atoms with van der Waals surface area (Å²) in [5, 5.41) is 5.53. The molecule has 0 heterocycles. The number of benzene rings is 1. The summed E-state index contributed by atoms with van der Waals surface area (Å²) in [6.07, 6.45) is 0.937. The average Bonchev–Trinajstić information content (AvgIpc) is 2.27. The van der Waals surface area contributed by atoms with Crippen molar-refractivity contribution in [3.05, 3.63) is 24.3 Å². The molecule has 2 amide bonds. The van der Waals surface area contributed by atoms with Crippen LogP contribution in [0.4, 0.5) is 16.2 Å². The number of carbonyl (C=O) groups excluding carboxylic acids is 1. The first-order valence-corrected chi connectivity index (χ1v) is 5.45. The lowest BCUT2D eigenvalue weighted by atomic mass is 10.2. The molecule has 0 fully saturated rings. The van der Waals surface area contributed by atoms with E-state index < -0.39 is 0 Å². The van der Waals surface area contributed by atoms with Crippen LogP contribution in [0.15, 0.2) is 24.3 Å². The molecule has 0 atom stereocenters. The molecule has 0 aliphatic rings. The van der Waals surface area contributed by atoms with E-state index in [1.807, 2.05) is 50.2 Å². The fourth-order valence-corrected chi connectivity index (χ4v) is 1.26. The molecule has 0 bridgehead atoms. The highest BCUT2D eigenvalue weighted by atomic mass is 16.2. The molecule has 1 aromatic carbocycles.